The number of benzene rings is 3. The summed E-state index contributed by atoms with van der Waals surface area (Å²) in [7, 11) is 0. The van der Waals surface area contributed by atoms with Crippen molar-refractivity contribution >= 4 is 44.8 Å². The fourth-order valence-corrected chi connectivity index (χ4v) is 4.21. The molecule has 0 unspecified atom stereocenters. The first-order chi connectivity index (χ1) is 13.7. The van der Waals surface area contributed by atoms with Crippen molar-refractivity contribution in [3.05, 3.63) is 71.2 Å². The Morgan fingerprint density at radius 1 is 0.750 bits per heavy atom. The maximum Gasteiger partial charge on any atom is 0.154 e. The highest BCUT2D eigenvalue weighted by atomic mass is 35.5. The van der Waals surface area contributed by atoms with Crippen LogP contribution in [0.15, 0.2) is 60.7 Å². The number of hydrogen-bond donors (Lipinski definition) is 0. The van der Waals surface area contributed by atoms with Gasteiger partial charge in [-0.15, -0.1) is 10.2 Å². The third-order valence-corrected chi connectivity index (χ3v) is 5.91. The topological polar surface area (TPSA) is 32.3 Å². The smallest absolute Gasteiger partial charge is 0.154 e. The molecule has 4 aromatic rings. The lowest BCUT2D eigenvalue weighted by Gasteiger charge is -2.37. The van der Waals surface area contributed by atoms with Crippen LogP contribution in [0.3, 0.4) is 0 Å². The molecule has 28 heavy (non-hydrogen) atoms. The first kappa shape index (κ1) is 17.3. The molecule has 5 heteroatoms. The van der Waals surface area contributed by atoms with Gasteiger partial charge in [0.05, 0.1) is 0 Å². The average molecular weight is 389 g/mol. The minimum absolute atomic E-state index is 0.775. The van der Waals surface area contributed by atoms with Crippen LogP contribution >= 0.6 is 11.6 Å². The third kappa shape index (κ3) is 2.94. The van der Waals surface area contributed by atoms with Gasteiger partial charge in [-0.25, -0.2) is 0 Å². The first-order valence-electron chi connectivity index (χ1n) is 9.61. The maximum atomic E-state index is 6.01. The van der Waals surface area contributed by atoms with E-state index < -0.39 is 0 Å². The summed E-state index contributed by atoms with van der Waals surface area (Å²) < 4.78 is 0. The van der Waals surface area contributed by atoms with Crippen molar-refractivity contribution < 1.29 is 0 Å². The van der Waals surface area contributed by atoms with Crippen molar-refractivity contribution in [3.63, 3.8) is 0 Å². The molecule has 0 aliphatic carbocycles. The summed E-state index contributed by atoms with van der Waals surface area (Å²) in [6.45, 7) is 5.93. The highest BCUT2D eigenvalue weighted by molar-refractivity contribution is 6.30. The average Bonchev–Trinajstić information content (AvgIpc) is 2.75. The molecule has 0 saturated carbocycles. The Morgan fingerprint density at radius 2 is 1.46 bits per heavy atom. The summed E-state index contributed by atoms with van der Waals surface area (Å²) >= 11 is 6.01. The molecule has 1 fully saturated rings. The Labute approximate surface area is 169 Å². The molecular weight excluding hydrogens is 368 g/mol. The molecule has 2 heterocycles. The van der Waals surface area contributed by atoms with Crippen molar-refractivity contribution in [2.75, 3.05) is 36.0 Å². The molecule has 0 atom stereocenters. The summed E-state index contributed by atoms with van der Waals surface area (Å²) in [5.74, 6) is 0.999. The zero-order valence-corrected chi connectivity index (χ0v) is 16.5. The van der Waals surface area contributed by atoms with E-state index in [-0.39, 0.29) is 0 Å². The second-order valence-corrected chi connectivity index (χ2v) is 7.72. The summed E-state index contributed by atoms with van der Waals surface area (Å²) in [5.41, 5.74) is 3.41. The van der Waals surface area contributed by atoms with E-state index in [1.165, 1.54) is 22.0 Å². The van der Waals surface area contributed by atoms with Gasteiger partial charge in [0.15, 0.2) is 5.82 Å². The van der Waals surface area contributed by atoms with E-state index >= 15 is 0 Å². The fraction of sp³-hybridized carbons (Fsp3) is 0.217. The predicted octanol–water partition coefficient (Wildman–Crippen LogP) is 5.07. The zero-order chi connectivity index (χ0) is 19.1. The van der Waals surface area contributed by atoms with Crippen LogP contribution in [0.4, 0.5) is 11.5 Å². The van der Waals surface area contributed by atoms with Gasteiger partial charge in [-0.05, 0) is 36.6 Å². The Bertz CT molecular complexity index is 1150. The standard InChI is InChI=1S/C23H21ClN4/c1-16-20-11-6-17-4-2-3-5-21(17)22(20)25-26-23(16)28-14-12-27(13-15-28)19-9-7-18(24)8-10-19/h2-11H,12-15H2,1H3. The lowest BCUT2D eigenvalue weighted by Crippen LogP contribution is -2.47. The van der Waals surface area contributed by atoms with Crippen LogP contribution < -0.4 is 9.80 Å². The number of aryl methyl sites for hydroxylation is 1. The number of hydrogen-bond acceptors (Lipinski definition) is 4. The number of anilines is 2. The Morgan fingerprint density at radius 3 is 2.25 bits per heavy atom. The molecule has 0 bridgehead atoms. The largest absolute Gasteiger partial charge is 0.368 e. The number of nitrogens with zero attached hydrogens (tertiary/aromatic N) is 4. The molecule has 1 aliphatic rings. The fourth-order valence-electron chi connectivity index (χ4n) is 4.09. The summed E-state index contributed by atoms with van der Waals surface area (Å²) in [6.07, 6.45) is 0. The van der Waals surface area contributed by atoms with E-state index in [4.69, 9.17) is 11.6 Å². The Kier molecular flexibility index (Phi) is 4.29. The quantitative estimate of drug-likeness (QED) is 0.449. The van der Waals surface area contributed by atoms with Crippen LogP contribution in [0, 0.1) is 6.92 Å². The van der Waals surface area contributed by atoms with Crippen molar-refractivity contribution in [1.29, 1.82) is 0 Å². The highest BCUT2D eigenvalue weighted by Crippen LogP contribution is 2.30. The molecular formula is C23H21ClN4. The van der Waals surface area contributed by atoms with E-state index in [1.807, 2.05) is 12.1 Å². The van der Waals surface area contributed by atoms with Gasteiger partial charge in [0.25, 0.3) is 0 Å². The molecule has 1 aliphatic heterocycles. The SMILES string of the molecule is Cc1c(N2CCN(c3ccc(Cl)cc3)CC2)nnc2c1ccc1ccccc12. The number of piperazine rings is 1. The van der Waals surface area contributed by atoms with Crippen LogP contribution in [0.1, 0.15) is 5.56 Å². The van der Waals surface area contributed by atoms with E-state index in [0.29, 0.717) is 0 Å². The van der Waals surface area contributed by atoms with Crippen LogP contribution in [-0.2, 0) is 0 Å². The van der Waals surface area contributed by atoms with Gasteiger partial charge in [0, 0.05) is 53.2 Å². The van der Waals surface area contributed by atoms with Crippen LogP contribution in [0.2, 0.25) is 5.02 Å². The van der Waals surface area contributed by atoms with Crippen LogP contribution in [0.25, 0.3) is 21.7 Å². The number of aromatic nitrogens is 2. The predicted molar refractivity (Wildman–Crippen MR) is 118 cm³/mol. The third-order valence-electron chi connectivity index (χ3n) is 5.66. The summed E-state index contributed by atoms with van der Waals surface area (Å²) in [6, 6.07) is 20.8. The minimum atomic E-state index is 0.775. The van der Waals surface area contributed by atoms with Crippen molar-refractivity contribution in [1.82, 2.24) is 10.2 Å². The highest BCUT2D eigenvalue weighted by Gasteiger charge is 2.21. The van der Waals surface area contributed by atoms with E-state index in [1.54, 1.807) is 0 Å². The molecule has 0 N–H and O–H groups in total. The number of halogens is 1. The van der Waals surface area contributed by atoms with Gasteiger partial charge in [0.1, 0.15) is 5.52 Å². The number of rotatable bonds is 2. The van der Waals surface area contributed by atoms with E-state index in [2.05, 4.69) is 75.5 Å². The van der Waals surface area contributed by atoms with Crippen LogP contribution in [0.5, 0.6) is 0 Å². The molecule has 0 amide bonds. The monoisotopic (exact) mass is 388 g/mol. The normalized spacial score (nSPS) is 14.8. The minimum Gasteiger partial charge on any atom is -0.368 e. The molecule has 4 nitrogen and oxygen atoms in total. The van der Waals surface area contributed by atoms with Crippen LogP contribution in [-0.4, -0.2) is 36.4 Å². The van der Waals surface area contributed by atoms with Gasteiger partial charge in [0.2, 0.25) is 0 Å². The molecule has 140 valence electrons. The van der Waals surface area contributed by atoms with Crippen molar-refractivity contribution in [2.24, 2.45) is 0 Å². The Balaban J connectivity index is 1.43. The molecule has 1 saturated heterocycles. The van der Waals surface area contributed by atoms with E-state index in [9.17, 15) is 0 Å². The van der Waals surface area contributed by atoms with E-state index in [0.717, 1.165) is 47.9 Å². The molecule has 3 aromatic carbocycles. The van der Waals surface area contributed by atoms with Crippen molar-refractivity contribution in [2.45, 2.75) is 6.92 Å². The Hall–Kier alpha value is -2.85. The van der Waals surface area contributed by atoms with Gasteiger partial charge in [-0.1, -0.05) is 48.0 Å². The molecule has 1 aromatic heterocycles. The zero-order valence-electron chi connectivity index (χ0n) is 15.8. The molecule has 0 spiro atoms. The lowest BCUT2D eigenvalue weighted by molar-refractivity contribution is 0.643. The van der Waals surface area contributed by atoms with Gasteiger partial charge < -0.3 is 9.80 Å². The second-order valence-electron chi connectivity index (χ2n) is 7.28. The summed E-state index contributed by atoms with van der Waals surface area (Å²) in [4.78, 5) is 4.74. The lowest BCUT2D eigenvalue weighted by atomic mass is 10.0. The summed E-state index contributed by atoms with van der Waals surface area (Å²) in [5, 5.41) is 13.6. The van der Waals surface area contributed by atoms with Gasteiger partial charge in [-0.3, -0.25) is 0 Å². The number of fused-ring (bicyclic) bond motifs is 3. The van der Waals surface area contributed by atoms with Gasteiger partial charge >= 0.3 is 0 Å². The molecule has 0 radical (unpaired) electrons. The maximum absolute atomic E-state index is 6.01. The first-order valence-corrected chi connectivity index (χ1v) is 9.99. The molecule has 5 rings (SSSR count). The van der Waals surface area contributed by atoms with Gasteiger partial charge in [-0.2, -0.15) is 0 Å². The van der Waals surface area contributed by atoms with Crippen molar-refractivity contribution in [3.8, 4) is 0 Å². The second kappa shape index (κ2) is 6.95.